The molecule has 1 aromatic rings. The number of hydrogen-bond acceptors (Lipinski definition) is 3. The summed E-state index contributed by atoms with van der Waals surface area (Å²) < 4.78 is 25.2. The van der Waals surface area contributed by atoms with Gasteiger partial charge in [-0.15, -0.1) is 0 Å². The molecule has 0 radical (unpaired) electrons. The van der Waals surface area contributed by atoms with E-state index >= 15 is 0 Å². The summed E-state index contributed by atoms with van der Waals surface area (Å²) in [6.45, 7) is 3.11. The fraction of sp³-hybridized carbons (Fsp3) is 0.500. The molecule has 1 fully saturated rings. The van der Waals surface area contributed by atoms with E-state index in [0.29, 0.717) is 30.3 Å². The number of nitrogens with zero attached hydrogens (tertiary/aromatic N) is 1. The SMILES string of the molecule is CC(N)c1cccc(F)c1N1CCS(=O)CC1. The number of anilines is 1. The van der Waals surface area contributed by atoms with E-state index in [4.69, 9.17) is 5.73 Å². The van der Waals surface area contributed by atoms with Gasteiger partial charge in [-0.2, -0.15) is 0 Å². The second-order valence-electron chi connectivity index (χ2n) is 4.30. The quantitative estimate of drug-likeness (QED) is 0.870. The van der Waals surface area contributed by atoms with Crippen LogP contribution in [0.15, 0.2) is 18.2 Å². The summed E-state index contributed by atoms with van der Waals surface area (Å²) >= 11 is 0. The number of benzene rings is 1. The molecule has 0 saturated carbocycles. The van der Waals surface area contributed by atoms with Crippen LogP contribution in [-0.2, 0) is 10.8 Å². The van der Waals surface area contributed by atoms with Crippen LogP contribution in [0.5, 0.6) is 0 Å². The minimum absolute atomic E-state index is 0.201. The van der Waals surface area contributed by atoms with Crippen LogP contribution < -0.4 is 10.6 Å². The van der Waals surface area contributed by atoms with E-state index in [1.165, 1.54) is 6.07 Å². The lowest BCUT2D eigenvalue weighted by Crippen LogP contribution is -2.39. The van der Waals surface area contributed by atoms with Crippen LogP contribution in [0.2, 0.25) is 0 Å². The van der Waals surface area contributed by atoms with Crippen LogP contribution in [0.3, 0.4) is 0 Å². The van der Waals surface area contributed by atoms with Gasteiger partial charge in [0.05, 0.1) is 5.69 Å². The fourth-order valence-electron chi connectivity index (χ4n) is 2.09. The van der Waals surface area contributed by atoms with E-state index in [1.54, 1.807) is 6.07 Å². The molecule has 17 heavy (non-hydrogen) atoms. The van der Waals surface area contributed by atoms with Crippen LogP contribution >= 0.6 is 0 Å². The second kappa shape index (κ2) is 5.14. The van der Waals surface area contributed by atoms with Crippen molar-refractivity contribution in [3.8, 4) is 0 Å². The smallest absolute Gasteiger partial charge is 0.146 e. The van der Waals surface area contributed by atoms with Gasteiger partial charge in [0.1, 0.15) is 5.82 Å². The van der Waals surface area contributed by atoms with E-state index in [1.807, 2.05) is 17.9 Å². The third kappa shape index (κ3) is 2.66. The minimum atomic E-state index is -0.754. The van der Waals surface area contributed by atoms with Crippen molar-refractivity contribution in [1.82, 2.24) is 0 Å². The first-order valence-corrected chi connectivity index (χ1v) is 7.22. The molecule has 5 heteroatoms. The Balaban J connectivity index is 2.33. The van der Waals surface area contributed by atoms with Gasteiger partial charge >= 0.3 is 0 Å². The Labute approximate surface area is 103 Å². The standard InChI is InChI=1S/C12H17FN2OS/c1-9(14)10-3-2-4-11(13)12(10)15-5-7-17(16)8-6-15/h2-4,9H,5-8,14H2,1H3. The molecular formula is C12H17FN2OS. The van der Waals surface area contributed by atoms with Crippen molar-refractivity contribution in [3.05, 3.63) is 29.6 Å². The summed E-state index contributed by atoms with van der Waals surface area (Å²) in [5.74, 6) is 0.965. The van der Waals surface area contributed by atoms with E-state index in [-0.39, 0.29) is 11.9 Å². The van der Waals surface area contributed by atoms with Crippen LogP contribution in [0, 0.1) is 5.82 Å². The lowest BCUT2D eigenvalue weighted by Gasteiger charge is -2.31. The maximum Gasteiger partial charge on any atom is 0.146 e. The van der Waals surface area contributed by atoms with E-state index < -0.39 is 10.8 Å². The number of para-hydroxylation sites is 1. The molecule has 1 aromatic carbocycles. The van der Waals surface area contributed by atoms with Crippen molar-refractivity contribution < 1.29 is 8.60 Å². The molecule has 0 bridgehead atoms. The predicted octanol–water partition coefficient (Wildman–Crippen LogP) is 1.41. The van der Waals surface area contributed by atoms with Crippen molar-refractivity contribution >= 4 is 16.5 Å². The highest BCUT2D eigenvalue weighted by Crippen LogP contribution is 2.29. The molecule has 3 nitrogen and oxygen atoms in total. The third-order valence-corrected chi connectivity index (χ3v) is 4.28. The molecule has 94 valence electrons. The first-order valence-electron chi connectivity index (χ1n) is 5.73. The van der Waals surface area contributed by atoms with E-state index in [2.05, 4.69) is 0 Å². The number of halogens is 1. The Kier molecular flexibility index (Phi) is 3.79. The van der Waals surface area contributed by atoms with Crippen LogP contribution in [-0.4, -0.2) is 28.8 Å². The summed E-state index contributed by atoms with van der Waals surface area (Å²) in [6, 6.07) is 4.79. The summed E-state index contributed by atoms with van der Waals surface area (Å²) in [6.07, 6.45) is 0. The summed E-state index contributed by atoms with van der Waals surface area (Å²) in [4.78, 5) is 1.95. The molecule has 0 amide bonds. The van der Waals surface area contributed by atoms with Gasteiger partial charge in [0.15, 0.2) is 0 Å². The highest BCUT2D eigenvalue weighted by molar-refractivity contribution is 7.85. The third-order valence-electron chi connectivity index (χ3n) is 3.00. The van der Waals surface area contributed by atoms with Crippen molar-refractivity contribution in [2.45, 2.75) is 13.0 Å². The lowest BCUT2D eigenvalue weighted by molar-refractivity contribution is 0.610. The molecule has 0 spiro atoms. The first-order chi connectivity index (χ1) is 8.09. The summed E-state index contributed by atoms with van der Waals surface area (Å²) in [7, 11) is -0.754. The van der Waals surface area contributed by atoms with Crippen LogP contribution in [0.4, 0.5) is 10.1 Å². The number of nitrogens with two attached hydrogens (primary N) is 1. The van der Waals surface area contributed by atoms with Gasteiger partial charge < -0.3 is 10.6 Å². The predicted molar refractivity (Wildman–Crippen MR) is 69.1 cm³/mol. The fourth-order valence-corrected chi connectivity index (χ4v) is 3.15. The molecule has 1 aliphatic heterocycles. The Bertz CT molecular complexity index is 427. The van der Waals surface area contributed by atoms with Crippen molar-refractivity contribution in [2.75, 3.05) is 29.5 Å². The van der Waals surface area contributed by atoms with Crippen LogP contribution in [0.1, 0.15) is 18.5 Å². The Morgan fingerprint density at radius 3 is 2.65 bits per heavy atom. The van der Waals surface area contributed by atoms with Gasteiger partial charge in [-0.1, -0.05) is 12.1 Å². The monoisotopic (exact) mass is 256 g/mol. The van der Waals surface area contributed by atoms with Gasteiger partial charge in [-0.3, -0.25) is 4.21 Å². The second-order valence-corrected chi connectivity index (χ2v) is 6.00. The van der Waals surface area contributed by atoms with Crippen molar-refractivity contribution in [2.24, 2.45) is 5.73 Å². The topological polar surface area (TPSA) is 46.3 Å². The van der Waals surface area contributed by atoms with Gasteiger partial charge in [0, 0.05) is 41.4 Å². The van der Waals surface area contributed by atoms with Gasteiger partial charge in [0.2, 0.25) is 0 Å². The Morgan fingerprint density at radius 1 is 1.41 bits per heavy atom. The van der Waals surface area contributed by atoms with Crippen molar-refractivity contribution in [3.63, 3.8) is 0 Å². The lowest BCUT2D eigenvalue weighted by atomic mass is 10.1. The Hall–Kier alpha value is -0.940. The van der Waals surface area contributed by atoms with Gasteiger partial charge in [-0.25, -0.2) is 4.39 Å². The largest absolute Gasteiger partial charge is 0.367 e. The average Bonchev–Trinajstić information content (AvgIpc) is 2.30. The molecule has 2 rings (SSSR count). The molecule has 1 saturated heterocycles. The molecule has 1 aliphatic rings. The zero-order chi connectivity index (χ0) is 12.4. The maximum absolute atomic E-state index is 13.9. The normalized spacial score (nSPS) is 19.4. The van der Waals surface area contributed by atoms with E-state index in [0.717, 1.165) is 5.56 Å². The van der Waals surface area contributed by atoms with Crippen molar-refractivity contribution in [1.29, 1.82) is 0 Å². The molecule has 1 unspecified atom stereocenters. The molecule has 1 atom stereocenters. The highest BCUT2D eigenvalue weighted by atomic mass is 32.2. The molecule has 1 heterocycles. The zero-order valence-corrected chi connectivity index (χ0v) is 10.7. The highest BCUT2D eigenvalue weighted by Gasteiger charge is 2.22. The van der Waals surface area contributed by atoms with Crippen LogP contribution in [0.25, 0.3) is 0 Å². The molecule has 2 N–H and O–H groups in total. The first kappa shape index (κ1) is 12.5. The zero-order valence-electron chi connectivity index (χ0n) is 9.86. The molecule has 0 aliphatic carbocycles. The van der Waals surface area contributed by atoms with Gasteiger partial charge in [0.25, 0.3) is 0 Å². The number of hydrogen-bond donors (Lipinski definition) is 1. The summed E-state index contributed by atoms with van der Waals surface area (Å²) in [5, 5.41) is 0. The average molecular weight is 256 g/mol. The van der Waals surface area contributed by atoms with Gasteiger partial charge in [-0.05, 0) is 18.6 Å². The minimum Gasteiger partial charge on any atom is -0.367 e. The molecule has 0 aromatic heterocycles. The van der Waals surface area contributed by atoms with E-state index in [9.17, 15) is 8.60 Å². The number of rotatable bonds is 2. The molecular weight excluding hydrogens is 239 g/mol. The maximum atomic E-state index is 13.9. The summed E-state index contributed by atoms with van der Waals surface area (Å²) in [5.41, 5.74) is 7.26. The Morgan fingerprint density at radius 2 is 2.06 bits per heavy atom.